The highest BCUT2D eigenvalue weighted by molar-refractivity contribution is 6.67. The molecule has 0 aliphatic heterocycles. The number of aromatic nitrogens is 2. The van der Waals surface area contributed by atoms with Crippen molar-refractivity contribution < 1.29 is 18.4 Å². The van der Waals surface area contributed by atoms with Gasteiger partial charge in [0, 0.05) is 0 Å². The van der Waals surface area contributed by atoms with E-state index in [2.05, 4.69) is 9.97 Å². The standard InChI is InChI=1S/C8H7Cl2NO.C8H7F2NO/c2*1-4-3-6(8(10)12)11-5(2)7(4)9/h2*3H,1-2H3. The lowest BCUT2D eigenvalue weighted by Crippen LogP contribution is -2.01. The molecule has 4 nitrogen and oxygen atoms in total. The molecular formula is C16H14Cl2F2N2O2. The molecule has 2 heterocycles. The zero-order chi connectivity index (χ0) is 18.6. The lowest BCUT2D eigenvalue weighted by atomic mass is 10.2. The summed E-state index contributed by atoms with van der Waals surface area (Å²) in [6, 6.07) is 1.02. The van der Waals surface area contributed by atoms with E-state index in [0.717, 1.165) is 11.6 Å². The first-order valence-corrected chi connectivity index (χ1v) is 7.47. The molecule has 0 atom stereocenters. The van der Waals surface area contributed by atoms with E-state index in [4.69, 9.17) is 23.2 Å². The molecule has 0 radical (unpaired) electrons. The second kappa shape index (κ2) is 8.26. The molecule has 0 saturated carbocycles. The van der Waals surface area contributed by atoms with Crippen molar-refractivity contribution in [2.24, 2.45) is 0 Å². The molecule has 0 unspecified atom stereocenters. The van der Waals surface area contributed by atoms with Crippen molar-refractivity contribution in [3.05, 3.63) is 56.9 Å². The van der Waals surface area contributed by atoms with Crippen LogP contribution in [0, 0.1) is 33.5 Å². The summed E-state index contributed by atoms with van der Waals surface area (Å²) in [5, 5.41) is 0.0227. The van der Waals surface area contributed by atoms with Gasteiger partial charge >= 0.3 is 6.04 Å². The maximum atomic E-state index is 12.9. The molecule has 2 rings (SSSR count). The topological polar surface area (TPSA) is 59.9 Å². The Bertz CT molecular complexity index is 697. The fraction of sp³-hybridized carbons (Fsp3) is 0.250. The summed E-state index contributed by atoms with van der Waals surface area (Å²) in [5.74, 6) is -0.500. The predicted molar refractivity (Wildman–Crippen MR) is 88.0 cm³/mol. The van der Waals surface area contributed by atoms with Gasteiger partial charge in [0.2, 0.25) is 0 Å². The Hall–Kier alpha value is -1.92. The van der Waals surface area contributed by atoms with Crippen molar-refractivity contribution in [1.82, 2.24) is 9.97 Å². The summed E-state index contributed by atoms with van der Waals surface area (Å²) in [7, 11) is 0. The molecule has 0 aliphatic carbocycles. The summed E-state index contributed by atoms with van der Waals surface area (Å²) in [6.07, 6.45) is 0. The van der Waals surface area contributed by atoms with Gasteiger partial charge < -0.3 is 0 Å². The van der Waals surface area contributed by atoms with Gasteiger partial charge in [-0.2, -0.15) is 4.39 Å². The van der Waals surface area contributed by atoms with Gasteiger partial charge in [-0.05, 0) is 62.6 Å². The minimum absolute atomic E-state index is 0.0380. The molecule has 0 fully saturated rings. The van der Waals surface area contributed by atoms with Gasteiger partial charge in [0.25, 0.3) is 5.24 Å². The van der Waals surface area contributed by atoms with E-state index in [1.165, 1.54) is 13.8 Å². The molecule has 0 aromatic carbocycles. The first-order valence-electron chi connectivity index (χ1n) is 6.71. The molecule has 0 N–H and O–H groups in total. The smallest absolute Gasteiger partial charge is 0.274 e. The monoisotopic (exact) mass is 374 g/mol. The lowest BCUT2D eigenvalue weighted by Gasteiger charge is -2.02. The normalized spacial score (nSPS) is 10.0. The van der Waals surface area contributed by atoms with Crippen molar-refractivity contribution in [2.75, 3.05) is 0 Å². The molecule has 2 aromatic heterocycles. The number of carbonyl (C=O) groups is 2. The second-order valence-electron chi connectivity index (χ2n) is 4.99. The van der Waals surface area contributed by atoms with Crippen LogP contribution in [-0.2, 0) is 0 Å². The van der Waals surface area contributed by atoms with E-state index in [1.807, 2.05) is 0 Å². The van der Waals surface area contributed by atoms with E-state index in [-0.39, 0.29) is 22.6 Å². The van der Waals surface area contributed by atoms with Gasteiger partial charge in [-0.15, -0.1) is 0 Å². The Morgan fingerprint density at radius 3 is 1.88 bits per heavy atom. The average Bonchev–Trinajstić information content (AvgIpc) is 2.49. The SMILES string of the molecule is Cc1cc(C(=O)Cl)nc(C)c1Cl.Cc1cc(C(=O)F)nc(C)c1F. The molecule has 0 bridgehead atoms. The molecule has 0 amide bonds. The number of hydrogen-bond acceptors (Lipinski definition) is 4. The summed E-state index contributed by atoms with van der Waals surface area (Å²) in [4.78, 5) is 28.3. The summed E-state index contributed by atoms with van der Waals surface area (Å²) in [5.41, 5.74) is 1.61. The Kier molecular flexibility index (Phi) is 6.93. The van der Waals surface area contributed by atoms with Crippen LogP contribution in [0.1, 0.15) is 43.5 Å². The highest BCUT2D eigenvalue weighted by Gasteiger charge is 2.11. The van der Waals surface area contributed by atoms with Crippen LogP contribution in [0.5, 0.6) is 0 Å². The molecular weight excluding hydrogens is 361 g/mol. The van der Waals surface area contributed by atoms with Gasteiger partial charge in [0.15, 0.2) is 0 Å². The molecule has 0 saturated heterocycles. The number of nitrogens with zero attached hydrogens (tertiary/aromatic N) is 2. The number of pyridine rings is 2. The molecule has 2 aromatic rings. The van der Waals surface area contributed by atoms with Gasteiger partial charge in [-0.25, -0.2) is 14.4 Å². The summed E-state index contributed by atoms with van der Waals surface area (Å²) < 4.78 is 25.0. The maximum absolute atomic E-state index is 12.9. The van der Waals surface area contributed by atoms with Crippen LogP contribution in [0.25, 0.3) is 0 Å². The summed E-state index contributed by atoms with van der Waals surface area (Å²) >= 11 is 11.1. The van der Waals surface area contributed by atoms with E-state index in [0.29, 0.717) is 10.7 Å². The van der Waals surface area contributed by atoms with E-state index < -0.39 is 17.1 Å². The van der Waals surface area contributed by atoms with Crippen LogP contribution in [0.15, 0.2) is 12.1 Å². The molecule has 128 valence electrons. The Morgan fingerprint density at radius 1 is 0.958 bits per heavy atom. The third-order valence-electron chi connectivity index (χ3n) is 3.01. The Balaban J connectivity index is 0.000000240. The van der Waals surface area contributed by atoms with Crippen molar-refractivity contribution >= 4 is 34.5 Å². The highest BCUT2D eigenvalue weighted by Crippen LogP contribution is 2.19. The lowest BCUT2D eigenvalue weighted by molar-refractivity contribution is 0.0829. The zero-order valence-corrected chi connectivity index (χ0v) is 14.9. The Morgan fingerprint density at radius 2 is 1.46 bits per heavy atom. The minimum atomic E-state index is -1.64. The van der Waals surface area contributed by atoms with Crippen LogP contribution >= 0.6 is 23.2 Å². The van der Waals surface area contributed by atoms with Gasteiger partial charge in [-0.1, -0.05) is 11.6 Å². The fourth-order valence-electron chi connectivity index (χ4n) is 1.83. The molecule has 24 heavy (non-hydrogen) atoms. The van der Waals surface area contributed by atoms with Crippen molar-refractivity contribution in [3.8, 4) is 0 Å². The third-order valence-corrected chi connectivity index (χ3v) is 3.78. The first kappa shape index (κ1) is 20.1. The number of hydrogen-bond donors (Lipinski definition) is 0. The third kappa shape index (κ3) is 5.04. The number of halogens is 4. The quantitative estimate of drug-likeness (QED) is 0.716. The van der Waals surface area contributed by atoms with E-state index in [9.17, 15) is 18.4 Å². The predicted octanol–water partition coefficient (Wildman–Crippen LogP) is 4.68. The van der Waals surface area contributed by atoms with Crippen LogP contribution in [-0.4, -0.2) is 21.2 Å². The Labute approximate surface area is 147 Å². The largest absolute Gasteiger partial charge is 0.350 e. The van der Waals surface area contributed by atoms with Gasteiger partial charge in [-0.3, -0.25) is 9.59 Å². The maximum Gasteiger partial charge on any atom is 0.350 e. The van der Waals surface area contributed by atoms with Crippen LogP contribution in [0.4, 0.5) is 8.78 Å². The van der Waals surface area contributed by atoms with Crippen LogP contribution in [0.3, 0.4) is 0 Å². The van der Waals surface area contributed by atoms with Crippen molar-refractivity contribution in [1.29, 1.82) is 0 Å². The molecule has 0 spiro atoms. The van der Waals surface area contributed by atoms with E-state index in [1.54, 1.807) is 19.9 Å². The number of aryl methyl sites for hydroxylation is 4. The average molecular weight is 375 g/mol. The fourth-order valence-corrected chi connectivity index (χ4v) is 2.03. The molecule has 0 aliphatic rings. The number of carbonyl (C=O) groups excluding carboxylic acids is 2. The van der Waals surface area contributed by atoms with Gasteiger partial charge in [0.1, 0.15) is 17.2 Å². The second-order valence-corrected chi connectivity index (χ2v) is 5.72. The van der Waals surface area contributed by atoms with Crippen LogP contribution < -0.4 is 0 Å². The number of rotatable bonds is 2. The summed E-state index contributed by atoms with van der Waals surface area (Å²) in [6.45, 7) is 6.38. The first-order chi connectivity index (χ1) is 11.0. The van der Waals surface area contributed by atoms with Crippen molar-refractivity contribution in [2.45, 2.75) is 27.7 Å². The highest BCUT2D eigenvalue weighted by atomic mass is 35.5. The zero-order valence-electron chi connectivity index (χ0n) is 13.4. The van der Waals surface area contributed by atoms with E-state index >= 15 is 0 Å². The van der Waals surface area contributed by atoms with Crippen LogP contribution in [0.2, 0.25) is 5.02 Å². The van der Waals surface area contributed by atoms with Crippen molar-refractivity contribution in [3.63, 3.8) is 0 Å². The minimum Gasteiger partial charge on any atom is -0.274 e. The van der Waals surface area contributed by atoms with Gasteiger partial charge in [0.05, 0.1) is 16.4 Å². The molecule has 8 heteroatoms.